The van der Waals surface area contributed by atoms with Crippen LogP contribution in [-0.2, 0) is 0 Å². The maximum absolute atomic E-state index is 12.0. The first-order valence-electron chi connectivity index (χ1n) is 7.83. The summed E-state index contributed by atoms with van der Waals surface area (Å²) >= 11 is 1.39. The molecule has 7 heteroatoms. The summed E-state index contributed by atoms with van der Waals surface area (Å²) in [6, 6.07) is 14.2. The van der Waals surface area contributed by atoms with Gasteiger partial charge in [-0.2, -0.15) is 5.10 Å². The van der Waals surface area contributed by atoms with Crippen molar-refractivity contribution < 1.29 is 9.59 Å². The number of rotatable bonds is 5. The molecule has 0 atom stereocenters. The van der Waals surface area contributed by atoms with E-state index in [0.717, 1.165) is 5.56 Å². The number of pyridine rings is 1. The maximum Gasteiger partial charge on any atom is 0.272 e. The molecule has 3 aromatic rings. The molecule has 0 aliphatic rings. The van der Waals surface area contributed by atoms with Gasteiger partial charge in [0.2, 0.25) is 0 Å². The fourth-order valence-corrected chi connectivity index (χ4v) is 2.77. The molecule has 2 amide bonds. The minimum Gasteiger partial charge on any atom is -0.321 e. The summed E-state index contributed by atoms with van der Waals surface area (Å²) in [5.74, 6) is -0.459. The van der Waals surface area contributed by atoms with E-state index in [4.69, 9.17) is 0 Å². The molecular weight excluding hydrogens is 348 g/mol. The second-order valence-corrected chi connectivity index (χ2v) is 6.34. The molecule has 2 aromatic heterocycles. The molecule has 0 spiro atoms. The second-order valence-electron chi connectivity index (χ2n) is 5.39. The lowest BCUT2D eigenvalue weighted by molar-refractivity contribution is 0.0953. The van der Waals surface area contributed by atoms with Crippen LogP contribution in [0.5, 0.6) is 0 Å². The molecule has 1 aromatic carbocycles. The normalized spacial score (nSPS) is 11.0. The number of thiophene rings is 1. The van der Waals surface area contributed by atoms with Crippen molar-refractivity contribution in [2.45, 2.75) is 6.92 Å². The third-order valence-electron chi connectivity index (χ3n) is 3.55. The highest BCUT2D eigenvalue weighted by molar-refractivity contribution is 7.12. The van der Waals surface area contributed by atoms with Crippen LogP contribution in [0.2, 0.25) is 0 Å². The molecule has 2 N–H and O–H groups in total. The van der Waals surface area contributed by atoms with Gasteiger partial charge in [-0.05, 0) is 48.2 Å². The van der Waals surface area contributed by atoms with Gasteiger partial charge >= 0.3 is 0 Å². The number of hydrazone groups is 1. The van der Waals surface area contributed by atoms with Crippen LogP contribution < -0.4 is 10.7 Å². The van der Waals surface area contributed by atoms with Gasteiger partial charge in [0.15, 0.2) is 0 Å². The van der Waals surface area contributed by atoms with Crippen molar-refractivity contribution in [2.24, 2.45) is 5.10 Å². The van der Waals surface area contributed by atoms with Gasteiger partial charge < -0.3 is 5.32 Å². The van der Waals surface area contributed by atoms with Crippen molar-refractivity contribution >= 4 is 34.6 Å². The first-order chi connectivity index (χ1) is 12.6. The Morgan fingerprint density at radius 2 is 1.81 bits per heavy atom. The fourth-order valence-electron chi connectivity index (χ4n) is 2.16. The molecule has 2 heterocycles. The number of amides is 2. The van der Waals surface area contributed by atoms with Crippen LogP contribution in [0, 0.1) is 0 Å². The lowest BCUT2D eigenvalue weighted by atomic mass is 10.1. The van der Waals surface area contributed by atoms with Crippen LogP contribution in [-0.4, -0.2) is 22.5 Å². The molecule has 0 bridgehead atoms. The van der Waals surface area contributed by atoms with Crippen molar-refractivity contribution in [3.8, 4) is 0 Å². The first-order valence-corrected chi connectivity index (χ1v) is 8.71. The smallest absolute Gasteiger partial charge is 0.272 e. The number of anilines is 1. The highest BCUT2D eigenvalue weighted by Crippen LogP contribution is 2.14. The molecule has 6 nitrogen and oxygen atoms in total. The van der Waals surface area contributed by atoms with Crippen LogP contribution in [0.3, 0.4) is 0 Å². The minimum atomic E-state index is -0.322. The molecule has 0 fully saturated rings. The van der Waals surface area contributed by atoms with Crippen LogP contribution in [0.15, 0.2) is 71.4 Å². The van der Waals surface area contributed by atoms with E-state index in [9.17, 15) is 9.59 Å². The Morgan fingerprint density at radius 3 is 2.46 bits per heavy atom. The summed E-state index contributed by atoms with van der Waals surface area (Å²) in [5, 5.41) is 8.80. The summed E-state index contributed by atoms with van der Waals surface area (Å²) in [7, 11) is 0. The van der Waals surface area contributed by atoms with Gasteiger partial charge in [0.25, 0.3) is 11.8 Å². The zero-order valence-electron chi connectivity index (χ0n) is 14.0. The summed E-state index contributed by atoms with van der Waals surface area (Å²) in [6.45, 7) is 1.79. The molecule has 3 rings (SSSR count). The minimum absolute atomic E-state index is 0.137. The largest absolute Gasteiger partial charge is 0.321 e. The molecular formula is C19H16N4O2S. The molecule has 0 saturated heterocycles. The summed E-state index contributed by atoms with van der Waals surface area (Å²) in [4.78, 5) is 28.5. The average Bonchev–Trinajstić information content (AvgIpc) is 3.22. The zero-order chi connectivity index (χ0) is 18.4. The summed E-state index contributed by atoms with van der Waals surface area (Å²) in [5.41, 5.74) is 5.13. The van der Waals surface area contributed by atoms with E-state index in [1.165, 1.54) is 17.5 Å². The van der Waals surface area contributed by atoms with Crippen molar-refractivity contribution in [3.05, 3.63) is 82.3 Å². The van der Waals surface area contributed by atoms with E-state index >= 15 is 0 Å². The zero-order valence-corrected chi connectivity index (χ0v) is 14.8. The van der Waals surface area contributed by atoms with Gasteiger partial charge in [-0.15, -0.1) is 11.3 Å². The number of nitrogens with one attached hydrogen (secondary N) is 2. The van der Waals surface area contributed by atoms with Gasteiger partial charge in [-0.25, -0.2) is 5.43 Å². The SMILES string of the molecule is C/C(=N\NC(=O)c1cccnc1)c1ccc(NC(=O)c2cccs2)cc1. The van der Waals surface area contributed by atoms with Gasteiger partial charge in [0, 0.05) is 18.1 Å². The number of nitrogens with zero attached hydrogens (tertiary/aromatic N) is 2. The van der Waals surface area contributed by atoms with Crippen LogP contribution in [0.25, 0.3) is 0 Å². The Morgan fingerprint density at radius 1 is 1.00 bits per heavy atom. The Kier molecular flexibility index (Phi) is 5.50. The van der Waals surface area contributed by atoms with E-state index < -0.39 is 0 Å². The number of carbonyl (C=O) groups excluding carboxylic acids is 2. The Labute approximate surface area is 154 Å². The molecule has 0 radical (unpaired) electrons. The maximum atomic E-state index is 12.0. The summed E-state index contributed by atoms with van der Waals surface area (Å²) < 4.78 is 0. The Bertz CT molecular complexity index is 920. The van der Waals surface area contributed by atoms with Gasteiger partial charge in [-0.3, -0.25) is 14.6 Å². The fraction of sp³-hybridized carbons (Fsp3) is 0.0526. The summed E-state index contributed by atoms with van der Waals surface area (Å²) in [6.07, 6.45) is 3.08. The number of aromatic nitrogens is 1. The molecule has 26 heavy (non-hydrogen) atoms. The highest BCUT2D eigenvalue weighted by Gasteiger charge is 2.07. The number of benzene rings is 1. The van der Waals surface area contributed by atoms with Gasteiger partial charge in [0.1, 0.15) is 0 Å². The quantitative estimate of drug-likeness (QED) is 0.536. The van der Waals surface area contributed by atoms with Crippen molar-refractivity contribution in [2.75, 3.05) is 5.32 Å². The van der Waals surface area contributed by atoms with Crippen molar-refractivity contribution in [1.82, 2.24) is 10.4 Å². The first kappa shape index (κ1) is 17.5. The lowest BCUT2D eigenvalue weighted by Crippen LogP contribution is -2.19. The molecule has 0 unspecified atom stereocenters. The second kappa shape index (κ2) is 8.17. The topological polar surface area (TPSA) is 83.4 Å². The van der Waals surface area contributed by atoms with E-state index in [2.05, 4.69) is 20.8 Å². The number of hydrogen-bond acceptors (Lipinski definition) is 5. The van der Waals surface area contributed by atoms with E-state index in [1.807, 2.05) is 23.6 Å². The monoisotopic (exact) mass is 364 g/mol. The van der Waals surface area contributed by atoms with Crippen molar-refractivity contribution in [3.63, 3.8) is 0 Å². The van der Waals surface area contributed by atoms with Crippen LogP contribution in [0.1, 0.15) is 32.5 Å². The average molecular weight is 364 g/mol. The predicted octanol–water partition coefficient (Wildman–Crippen LogP) is 3.55. The van der Waals surface area contributed by atoms with Crippen molar-refractivity contribution in [1.29, 1.82) is 0 Å². The Balaban J connectivity index is 1.62. The number of carbonyl (C=O) groups is 2. The highest BCUT2D eigenvalue weighted by atomic mass is 32.1. The van der Waals surface area contributed by atoms with Crippen LogP contribution >= 0.6 is 11.3 Å². The lowest BCUT2D eigenvalue weighted by Gasteiger charge is -2.06. The van der Waals surface area contributed by atoms with Gasteiger partial charge in [0.05, 0.1) is 16.2 Å². The van der Waals surface area contributed by atoms with E-state index in [0.29, 0.717) is 21.8 Å². The van der Waals surface area contributed by atoms with Gasteiger partial charge in [-0.1, -0.05) is 18.2 Å². The number of hydrogen-bond donors (Lipinski definition) is 2. The third-order valence-corrected chi connectivity index (χ3v) is 4.42. The van der Waals surface area contributed by atoms with E-state index in [-0.39, 0.29) is 11.8 Å². The molecule has 0 saturated carbocycles. The van der Waals surface area contributed by atoms with Crippen LogP contribution in [0.4, 0.5) is 5.69 Å². The standard InChI is InChI=1S/C19H16N4O2S/c1-13(22-23-18(24)15-4-2-10-20-12-15)14-6-8-16(9-7-14)21-19(25)17-5-3-11-26-17/h2-12H,1H3,(H,21,25)(H,23,24)/b22-13+. The molecule has 0 aliphatic heterocycles. The third kappa shape index (κ3) is 4.40. The van der Waals surface area contributed by atoms with E-state index in [1.54, 1.807) is 43.5 Å². The molecule has 0 aliphatic carbocycles. The Hall–Kier alpha value is -3.32. The molecule has 130 valence electrons. The predicted molar refractivity (Wildman–Crippen MR) is 103 cm³/mol.